The van der Waals surface area contributed by atoms with Gasteiger partial charge in [-0.3, -0.25) is 4.79 Å². The first-order valence-corrected chi connectivity index (χ1v) is 8.27. The molecule has 1 saturated carbocycles. The Morgan fingerprint density at radius 2 is 1.86 bits per heavy atom. The second-order valence-electron chi connectivity index (χ2n) is 6.22. The van der Waals surface area contributed by atoms with Crippen LogP contribution < -0.4 is 5.32 Å². The van der Waals surface area contributed by atoms with Gasteiger partial charge in [0.05, 0.1) is 6.42 Å². The van der Waals surface area contributed by atoms with Gasteiger partial charge in [0, 0.05) is 19.6 Å². The Kier molecular flexibility index (Phi) is 7.54. The van der Waals surface area contributed by atoms with Crippen molar-refractivity contribution in [2.75, 3.05) is 19.6 Å². The van der Waals surface area contributed by atoms with Crippen LogP contribution in [0.2, 0.25) is 0 Å². The zero-order valence-electron chi connectivity index (χ0n) is 13.5. The Morgan fingerprint density at radius 3 is 2.38 bits per heavy atom. The van der Waals surface area contributed by atoms with E-state index in [0.717, 1.165) is 45.1 Å². The first-order valence-electron chi connectivity index (χ1n) is 8.27. The fourth-order valence-corrected chi connectivity index (χ4v) is 3.17. The van der Waals surface area contributed by atoms with Crippen LogP contribution in [0, 0.1) is 5.41 Å². The van der Waals surface area contributed by atoms with Gasteiger partial charge in [-0.15, -0.1) is 0 Å². The summed E-state index contributed by atoms with van der Waals surface area (Å²) in [6, 6.07) is -0.0544. The highest BCUT2D eigenvalue weighted by Gasteiger charge is 2.35. The summed E-state index contributed by atoms with van der Waals surface area (Å²) in [5.41, 5.74) is -0.246. The van der Waals surface area contributed by atoms with Crippen molar-refractivity contribution < 1.29 is 14.7 Å². The number of nitrogens with zero attached hydrogens (tertiary/aromatic N) is 1. The van der Waals surface area contributed by atoms with Crippen molar-refractivity contribution in [1.82, 2.24) is 10.2 Å². The van der Waals surface area contributed by atoms with Crippen LogP contribution in [0.25, 0.3) is 0 Å². The van der Waals surface area contributed by atoms with Crippen molar-refractivity contribution in [3.63, 3.8) is 0 Å². The van der Waals surface area contributed by atoms with E-state index < -0.39 is 5.97 Å². The number of hydrogen-bond donors (Lipinski definition) is 2. The average Bonchev–Trinajstić information content (AvgIpc) is 2.46. The number of carbonyl (C=O) groups is 2. The van der Waals surface area contributed by atoms with E-state index in [1.165, 1.54) is 6.42 Å². The number of carbonyl (C=O) groups excluding carboxylic acids is 1. The second kappa shape index (κ2) is 8.90. The molecule has 122 valence electrons. The third-order valence-corrected chi connectivity index (χ3v) is 4.51. The minimum Gasteiger partial charge on any atom is -0.481 e. The zero-order chi connectivity index (χ0) is 15.7. The Balaban J connectivity index is 2.54. The van der Waals surface area contributed by atoms with Gasteiger partial charge in [-0.25, -0.2) is 4.79 Å². The van der Waals surface area contributed by atoms with Crippen LogP contribution in [0.3, 0.4) is 0 Å². The minimum atomic E-state index is -0.760. The summed E-state index contributed by atoms with van der Waals surface area (Å²) in [7, 11) is 0. The van der Waals surface area contributed by atoms with E-state index >= 15 is 0 Å². The number of hydrogen-bond acceptors (Lipinski definition) is 2. The molecule has 0 radical (unpaired) electrons. The number of carboxylic acid groups (broad SMARTS) is 1. The maximum absolute atomic E-state index is 12.2. The largest absolute Gasteiger partial charge is 0.481 e. The van der Waals surface area contributed by atoms with Gasteiger partial charge in [-0.05, 0) is 31.6 Å². The summed E-state index contributed by atoms with van der Waals surface area (Å²) in [6.45, 7) is 6.03. The fraction of sp³-hybridized carbons (Fsp3) is 0.875. The van der Waals surface area contributed by atoms with E-state index in [4.69, 9.17) is 5.11 Å². The molecule has 1 aliphatic rings. The minimum absolute atomic E-state index is 0.0544. The van der Waals surface area contributed by atoms with E-state index in [9.17, 15) is 9.59 Å². The van der Waals surface area contributed by atoms with Crippen molar-refractivity contribution in [1.29, 1.82) is 0 Å². The Morgan fingerprint density at radius 1 is 1.19 bits per heavy atom. The molecule has 0 bridgehead atoms. The predicted molar refractivity (Wildman–Crippen MR) is 83.3 cm³/mol. The van der Waals surface area contributed by atoms with Gasteiger partial charge in [0.15, 0.2) is 0 Å². The van der Waals surface area contributed by atoms with Crippen LogP contribution >= 0.6 is 0 Å². The molecular formula is C16H30N2O3. The third kappa shape index (κ3) is 5.94. The molecule has 1 rings (SSSR count). The quantitative estimate of drug-likeness (QED) is 0.722. The number of nitrogens with one attached hydrogen (secondary N) is 1. The molecule has 0 atom stereocenters. The molecule has 0 saturated heterocycles. The molecule has 0 spiro atoms. The van der Waals surface area contributed by atoms with Crippen LogP contribution in [-0.4, -0.2) is 41.6 Å². The molecule has 21 heavy (non-hydrogen) atoms. The standard InChI is InChI=1S/C16H30N2O3/c1-3-5-11-18(4-2)15(21)17-13-16(12-14(19)20)9-7-6-8-10-16/h3-13H2,1-2H3,(H,17,21)(H,19,20). The first-order chi connectivity index (χ1) is 10.0. The van der Waals surface area contributed by atoms with Crippen molar-refractivity contribution in [2.45, 2.75) is 65.2 Å². The van der Waals surface area contributed by atoms with E-state index in [2.05, 4.69) is 12.2 Å². The summed E-state index contributed by atoms with van der Waals surface area (Å²) in [4.78, 5) is 25.2. The molecule has 5 nitrogen and oxygen atoms in total. The maximum Gasteiger partial charge on any atom is 0.317 e. The number of amides is 2. The molecule has 0 unspecified atom stereocenters. The molecule has 1 fully saturated rings. The van der Waals surface area contributed by atoms with E-state index in [1.807, 2.05) is 6.92 Å². The predicted octanol–water partition coefficient (Wildman–Crippen LogP) is 3.24. The molecule has 2 N–H and O–H groups in total. The van der Waals surface area contributed by atoms with Gasteiger partial charge in [-0.1, -0.05) is 32.6 Å². The number of aliphatic carboxylic acids is 1. The summed E-state index contributed by atoms with van der Waals surface area (Å²) >= 11 is 0. The third-order valence-electron chi connectivity index (χ3n) is 4.51. The maximum atomic E-state index is 12.2. The van der Waals surface area contributed by atoms with Gasteiger partial charge in [0.2, 0.25) is 0 Å². The highest BCUT2D eigenvalue weighted by Crippen LogP contribution is 2.38. The van der Waals surface area contributed by atoms with Gasteiger partial charge in [-0.2, -0.15) is 0 Å². The lowest BCUT2D eigenvalue weighted by Crippen LogP contribution is -2.46. The van der Waals surface area contributed by atoms with Crippen molar-refractivity contribution in [2.24, 2.45) is 5.41 Å². The van der Waals surface area contributed by atoms with E-state index in [0.29, 0.717) is 13.1 Å². The molecule has 0 aromatic carbocycles. The average molecular weight is 298 g/mol. The summed E-state index contributed by atoms with van der Waals surface area (Å²) in [5, 5.41) is 12.1. The fourth-order valence-electron chi connectivity index (χ4n) is 3.17. The monoisotopic (exact) mass is 298 g/mol. The van der Waals surface area contributed by atoms with Gasteiger partial charge in [0.25, 0.3) is 0 Å². The van der Waals surface area contributed by atoms with Crippen LogP contribution in [0.5, 0.6) is 0 Å². The molecule has 1 aliphatic carbocycles. The number of unbranched alkanes of at least 4 members (excludes halogenated alkanes) is 1. The van der Waals surface area contributed by atoms with Crippen molar-refractivity contribution in [3.8, 4) is 0 Å². The van der Waals surface area contributed by atoms with E-state index in [-0.39, 0.29) is 17.9 Å². The molecular weight excluding hydrogens is 268 g/mol. The molecule has 2 amide bonds. The molecule has 0 aromatic heterocycles. The van der Waals surface area contributed by atoms with Crippen molar-refractivity contribution >= 4 is 12.0 Å². The highest BCUT2D eigenvalue weighted by molar-refractivity contribution is 5.74. The summed E-state index contributed by atoms with van der Waals surface area (Å²) in [5.74, 6) is -0.760. The first kappa shape index (κ1) is 17.8. The Hall–Kier alpha value is -1.26. The summed E-state index contributed by atoms with van der Waals surface area (Å²) in [6.07, 6.45) is 7.34. The van der Waals surface area contributed by atoms with Crippen LogP contribution in [0.1, 0.15) is 65.2 Å². The molecule has 5 heteroatoms. The number of rotatable bonds is 8. The number of carboxylic acids is 1. The molecule has 0 aliphatic heterocycles. The zero-order valence-corrected chi connectivity index (χ0v) is 13.5. The lowest BCUT2D eigenvalue weighted by Gasteiger charge is -2.36. The lowest BCUT2D eigenvalue weighted by atomic mass is 9.72. The Labute approximate surface area is 128 Å². The topological polar surface area (TPSA) is 69.6 Å². The Bertz CT molecular complexity index is 338. The number of urea groups is 1. The molecule has 0 aromatic rings. The summed E-state index contributed by atoms with van der Waals surface area (Å²) < 4.78 is 0. The van der Waals surface area contributed by atoms with Gasteiger partial charge >= 0.3 is 12.0 Å². The van der Waals surface area contributed by atoms with Crippen LogP contribution in [0.4, 0.5) is 4.79 Å². The smallest absolute Gasteiger partial charge is 0.317 e. The second-order valence-corrected chi connectivity index (χ2v) is 6.22. The normalized spacial score (nSPS) is 17.2. The van der Waals surface area contributed by atoms with Crippen LogP contribution in [0.15, 0.2) is 0 Å². The SMILES string of the molecule is CCCCN(CC)C(=O)NCC1(CC(=O)O)CCCCC1. The highest BCUT2D eigenvalue weighted by atomic mass is 16.4. The van der Waals surface area contributed by atoms with Gasteiger partial charge in [0.1, 0.15) is 0 Å². The van der Waals surface area contributed by atoms with Crippen LogP contribution in [-0.2, 0) is 4.79 Å². The van der Waals surface area contributed by atoms with Crippen molar-refractivity contribution in [3.05, 3.63) is 0 Å². The molecule has 0 heterocycles. The lowest BCUT2D eigenvalue weighted by molar-refractivity contribution is -0.140. The van der Waals surface area contributed by atoms with E-state index in [1.54, 1.807) is 4.90 Å². The van der Waals surface area contributed by atoms with Gasteiger partial charge < -0.3 is 15.3 Å².